The molecule has 0 saturated carbocycles. The smallest absolute Gasteiger partial charge is 0.222 e. The van der Waals surface area contributed by atoms with Crippen LogP contribution in [0.3, 0.4) is 0 Å². The van der Waals surface area contributed by atoms with Gasteiger partial charge in [-0.1, -0.05) is 13.8 Å². The van der Waals surface area contributed by atoms with Gasteiger partial charge in [-0.15, -0.1) is 0 Å². The lowest BCUT2D eigenvalue weighted by atomic mass is 10.2. The number of hydrogen-bond donors (Lipinski definition) is 2. The molecule has 0 radical (unpaired) electrons. The Morgan fingerprint density at radius 1 is 1.60 bits per heavy atom. The summed E-state index contributed by atoms with van der Waals surface area (Å²) in [6, 6.07) is 0. The molecule has 0 aliphatic rings. The molecule has 10 heavy (non-hydrogen) atoms. The van der Waals surface area contributed by atoms with E-state index in [-0.39, 0.29) is 11.8 Å². The molecule has 0 aliphatic carbocycles. The first-order chi connectivity index (χ1) is 4.68. The van der Waals surface area contributed by atoms with Crippen molar-refractivity contribution in [3.63, 3.8) is 0 Å². The van der Waals surface area contributed by atoms with Crippen molar-refractivity contribution in [3.05, 3.63) is 0 Å². The molecule has 0 spiro atoms. The summed E-state index contributed by atoms with van der Waals surface area (Å²) in [6.45, 7) is 5.08. The first-order valence-electron chi connectivity index (χ1n) is 3.66. The Kier molecular flexibility index (Phi) is 4.94. The highest BCUT2D eigenvalue weighted by molar-refractivity contribution is 5.77. The fourth-order valence-corrected chi connectivity index (χ4v) is 0.518. The summed E-state index contributed by atoms with van der Waals surface area (Å²) in [5, 5.41) is 2.76. The lowest BCUT2D eigenvalue weighted by Crippen LogP contribution is -2.29. The average molecular weight is 144 g/mol. The molecule has 0 fully saturated rings. The molecule has 0 heterocycles. The van der Waals surface area contributed by atoms with Crippen molar-refractivity contribution in [1.82, 2.24) is 5.32 Å². The second-order valence-corrected chi connectivity index (χ2v) is 2.59. The second kappa shape index (κ2) is 5.23. The molecular formula is C7H16N2O. The van der Waals surface area contributed by atoms with Gasteiger partial charge in [-0.25, -0.2) is 0 Å². The minimum absolute atomic E-state index is 0.0813. The largest absolute Gasteiger partial charge is 0.356 e. The van der Waals surface area contributed by atoms with Gasteiger partial charge in [-0.2, -0.15) is 0 Å². The molecule has 0 aromatic rings. The number of hydrogen-bond acceptors (Lipinski definition) is 2. The molecule has 0 aliphatic heterocycles. The molecule has 3 nitrogen and oxygen atoms in total. The van der Waals surface area contributed by atoms with E-state index in [1.807, 2.05) is 13.8 Å². The number of carbonyl (C=O) groups excluding carboxylic acids is 1. The summed E-state index contributed by atoms with van der Waals surface area (Å²) in [7, 11) is 0. The topological polar surface area (TPSA) is 55.1 Å². The molecule has 0 aromatic heterocycles. The zero-order valence-electron chi connectivity index (χ0n) is 6.68. The fraction of sp³-hybridized carbons (Fsp3) is 0.857. The van der Waals surface area contributed by atoms with E-state index >= 15 is 0 Å². The molecule has 0 bridgehead atoms. The van der Waals surface area contributed by atoms with E-state index in [0.717, 1.165) is 6.42 Å². The zero-order chi connectivity index (χ0) is 7.98. The van der Waals surface area contributed by atoms with Crippen molar-refractivity contribution in [2.45, 2.75) is 20.3 Å². The maximum absolute atomic E-state index is 10.9. The van der Waals surface area contributed by atoms with Crippen LogP contribution in [0, 0.1) is 5.92 Å². The second-order valence-electron chi connectivity index (χ2n) is 2.59. The van der Waals surface area contributed by atoms with Gasteiger partial charge in [0.25, 0.3) is 0 Å². The Morgan fingerprint density at radius 2 is 2.20 bits per heavy atom. The zero-order valence-corrected chi connectivity index (χ0v) is 6.68. The number of nitrogens with two attached hydrogens (primary N) is 1. The van der Waals surface area contributed by atoms with Crippen LogP contribution in [0.25, 0.3) is 0 Å². The monoisotopic (exact) mass is 144 g/mol. The summed E-state index contributed by atoms with van der Waals surface area (Å²) >= 11 is 0. The molecule has 0 saturated heterocycles. The predicted molar refractivity (Wildman–Crippen MR) is 41.5 cm³/mol. The van der Waals surface area contributed by atoms with Crippen molar-refractivity contribution < 1.29 is 4.79 Å². The third-order valence-electron chi connectivity index (χ3n) is 1.20. The normalized spacial score (nSPS) is 10.0. The Labute approximate surface area is 62.0 Å². The molecule has 0 rings (SSSR count). The van der Waals surface area contributed by atoms with Crippen molar-refractivity contribution in [2.24, 2.45) is 11.7 Å². The van der Waals surface area contributed by atoms with Gasteiger partial charge in [0.2, 0.25) is 5.91 Å². The Balaban J connectivity index is 3.22. The highest BCUT2D eigenvalue weighted by atomic mass is 16.1. The Bertz CT molecular complexity index is 102. The number of nitrogens with one attached hydrogen (secondary N) is 1. The van der Waals surface area contributed by atoms with E-state index in [2.05, 4.69) is 5.32 Å². The van der Waals surface area contributed by atoms with E-state index in [9.17, 15) is 4.79 Å². The van der Waals surface area contributed by atoms with Crippen LogP contribution in [-0.2, 0) is 4.79 Å². The highest BCUT2D eigenvalue weighted by Gasteiger charge is 2.03. The predicted octanol–water partition coefficient (Wildman–Crippen LogP) is 0.107. The molecule has 0 unspecified atom stereocenters. The number of rotatable bonds is 4. The van der Waals surface area contributed by atoms with E-state index in [1.54, 1.807) is 0 Å². The molecular weight excluding hydrogens is 128 g/mol. The van der Waals surface area contributed by atoms with Crippen LogP contribution in [-0.4, -0.2) is 19.0 Å². The summed E-state index contributed by atoms with van der Waals surface area (Å²) < 4.78 is 0. The summed E-state index contributed by atoms with van der Waals surface area (Å²) in [4.78, 5) is 10.9. The van der Waals surface area contributed by atoms with Gasteiger partial charge in [0.15, 0.2) is 0 Å². The van der Waals surface area contributed by atoms with Crippen LogP contribution in [0.1, 0.15) is 20.3 Å². The van der Waals surface area contributed by atoms with Crippen LogP contribution < -0.4 is 11.1 Å². The SMILES string of the molecule is CC(C)C(=O)NCCCN. The maximum atomic E-state index is 10.9. The average Bonchev–Trinajstić information content (AvgIpc) is 1.88. The quantitative estimate of drug-likeness (QED) is 0.550. The van der Waals surface area contributed by atoms with Gasteiger partial charge >= 0.3 is 0 Å². The van der Waals surface area contributed by atoms with Gasteiger partial charge in [-0.05, 0) is 13.0 Å². The molecule has 60 valence electrons. The Hall–Kier alpha value is -0.570. The number of carbonyl (C=O) groups is 1. The van der Waals surface area contributed by atoms with E-state index in [1.165, 1.54) is 0 Å². The third-order valence-corrected chi connectivity index (χ3v) is 1.20. The first-order valence-corrected chi connectivity index (χ1v) is 3.66. The van der Waals surface area contributed by atoms with E-state index in [0.29, 0.717) is 13.1 Å². The minimum Gasteiger partial charge on any atom is -0.356 e. The van der Waals surface area contributed by atoms with Crippen molar-refractivity contribution in [2.75, 3.05) is 13.1 Å². The molecule has 3 heteroatoms. The van der Waals surface area contributed by atoms with Crippen molar-refractivity contribution in [3.8, 4) is 0 Å². The van der Waals surface area contributed by atoms with Crippen LogP contribution in [0.15, 0.2) is 0 Å². The van der Waals surface area contributed by atoms with Crippen LogP contribution in [0.5, 0.6) is 0 Å². The van der Waals surface area contributed by atoms with Gasteiger partial charge in [0.05, 0.1) is 0 Å². The van der Waals surface area contributed by atoms with Gasteiger partial charge in [0, 0.05) is 12.5 Å². The van der Waals surface area contributed by atoms with Crippen LogP contribution >= 0.6 is 0 Å². The lowest BCUT2D eigenvalue weighted by molar-refractivity contribution is -0.123. The lowest BCUT2D eigenvalue weighted by Gasteiger charge is -2.05. The van der Waals surface area contributed by atoms with Crippen molar-refractivity contribution >= 4 is 5.91 Å². The maximum Gasteiger partial charge on any atom is 0.222 e. The fourth-order valence-electron chi connectivity index (χ4n) is 0.518. The molecule has 0 aromatic carbocycles. The minimum atomic E-state index is 0.0813. The summed E-state index contributed by atoms with van der Waals surface area (Å²) in [5.41, 5.74) is 5.24. The first kappa shape index (κ1) is 9.43. The molecule has 1 amide bonds. The molecule has 3 N–H and O–H groups in total. The van der Waals surface area contributed by atoms with Gasteiger partial charge in [0.1, 0.15) is 0 Å². The third kappa shape index (κ3) is 4.32. The van der Waals surface area contributed by atoms with Gasteiger partial charge < -0.3 is 11.1 Å². The number of amides is 1. The van der Waals surface area contributed by atoms with Crippen molar-refractivity contribution in [1.29, 1.82) is 0 Å². The standard InChI is InChI=1S/C7H16N2O/c1-6(2)7(10)9-5-3-4-8/h6H,3-5,8H2,1-2H3,(H,9,10). The molecule has 0 atom stereocenters. The van der Waals surface area contributed by atoms with Crippen LogP contribution in [0.2, 0.25) is 0 Å². The Morgan fingerprint density at radius 3 is 2.60 bits per heavy atom. The van der Waals surface area contributed by atoms with E-state index in [4.69, 9.17) is 5.73 Å². The summed E-state index contributed by atoms with van der Waals surface area (Å²) in [6.07, 6.45) is 0.860. The van der Waals surface area contributed by atoms with Gasteiger partial charge in [-0.3, -0.25) is 4.79 Å². The van der Waals surface area contributed by atoms with Crippen LogP contribution in [0.4, 0.5) is 0 Å². The van der Waals surface area contributed by atoms with E-state index < -0.39 is 0 Å². The summed E-state index contributed by atoms with van der Waals surface area (Å²) in [5.74, 6) is 0.186. The highest BCUT2D eigenvalue weighted by Crippen LogP contribution is 1.89.